The molecule has 1 saturated heterocycles. The van der Waals surface area contributed by atoms with Crippen LogP contribution in [0.25, 0.3) is 0 Å². The number of carbonyl (C=O) groups excluding carboxylic acids is 1. The summed E-state index contributed by atoms with van der Waals surface area (Å²) in [7, 11) is 0. The van der Waals surface area contributed by atoms with Crippen molar-refractivity contribution in [3.63, 3.8) is 0 Å². The van der Waals surface area contributed by atoms with Gasteiger partial charge in [-0.05, 0) is 19.8 Å². The van der Waals surface area contributed by atoms with E-state index in [1.165, 1.54) is 0 Å². The van der Waals surface area contributed by atoms with Gasteiger partial charge in [0.25, 0.3) is 0 Å². The van der Waals surface area contributed by atoms with E-state index in [2.05, 4.69) is 0 Å². The van der Waals surface area contributed by atoms with Crippen LogP contribution in [0.3, 0.4) is 0 Å². The number of fused-ring (bicyclic) bond motifs is 1. The number of carbonyl (C=O) groups is 1. The van der Waals surface area contributed by atoms with E-state index in [1.54, 1.807) is 0 Å². The Morgan fingerprint density at radius 2 is 2.54 bits per heavy atom. The predicted octanol–water partition coefficient (Wildman–Crippen LogP) is 1.51. The van der Waals surface area contributed by atoms with Gasteiger partial charge in [0.15, 0.2) is 5.79 Å². The summed E-state index contributed by atoms with van der Waals surface area (Å²) in [4.78, 5) is 11.3. The van der Waals surface area contributed by atoms with Crippen molar-refractivity contribution in [1.29, 1.82) is 0 Å². The second-order valence-electron chi connectivity index (χ2n) is 3.85. The van der Waals surface area contributed by atoms with Crippen LogP contribution in [0.4, 0.5) is 0 Å². The molecule has 13 heavy (non-hydrogen) atoms. The SMILES string of the molecule is CCOC12CC(=O)CC1CCCO2. The summed E-state index contributed by atoms with van der Waals surface area (Å²) in [5, 5.41) is 0. The Balaban J connectivity index is 2.14. The van der Waals surface area contributed by atoms with Crippen LogP contribution in [0.1, 0.15) is 32.6 Å². The molecule has 1 saturated carbocycles. The molecule has 0 aromatic rings. The average Bonchev–Trinajstić information content (AvgIpc) is 2.41. The van der Waals surface area contributed by atoms with Gasteiger partial charge in [0, 0.05) is 18.9 Å². The van der Waals surface area contributed by atoms with Crippen LogP contribution < -0.4 is 0 Å². The van der Waals surface area contributed by atoms with Crippen molar-refractivity contribution < 1.29 is 14.3 Å². The van der Waals surface area contributed by atoms with Crippen molar-refractivity contribution >= 4 is 5.78 Å². The zero-order valence-electron chi connectivity index (χ0n) is 8.04. The quantitative estimate of drug-likeness (QED) is 0.652. The van der Waals surface area contributed by atoms with Crippen molar-refractivity contribution in [1.82, 2.24) is 0 Å². The first-order valence-corrected chi connectivity index (χ1v) is 5.06. The highest BCUT2D eigenvalue weighted by molar-refractivity contribution is 5.82. The van der Waals surface area contributed by atoms with E-state index in [4.69, 9.17) is 9.47 Å². The highest BCUT2D eigenvalue weighted by atomic mass is 16.7. The van der Waals surface area contributed by atoms with E-state index in [9.17, 15) is 4.79 Å². The van der Waals surface area contributed by atoms with Gasteiger partial charge >= 0.3 is 0 Å². The lowest BCUT2D eigenvalue weighted by molar-refractivity contribution is -0.270. The number of hydrogen-bond acceptors (Lipinski definition) is 3. The van der Waals surface area contributed by atoms with Gasteiger partial charge in [-0.15, -0.1) is 0 Å². The van der Waals surface area contributed by atoms with E-state index >= 15 is 0 Å². The molecule has 0 aromatic heterocycles. The molecule has 1 aliphatic carbocycles. The van der Waals surface area contributed by atoms with E-state index in [-0.39, 0.29) is 0 Å². The third-order valence-corrected chi connectivity index (χ3v) is 2.97. The Morgan fingerprint density at radius 1 is 1.69 bits per heavy atom. The van der Waals surface area contributed by atoms with Gasteiger partial charge in [-0.1, -0.05) is 0 Å². The van der Waals surface area contributed by atoms with Gasteiger partial charge in [0.05, 0.1) is 13.0 Å². The molecule has 3 nitrogen and oxygen atoms in total. The Bertz CT molecular complexity index is 210. The molecule has 0 spiro atoms. The lowest BCUT2D eigenvalue weighted by Gasteiger charge is -2.38. The van der Waals surface area contributed by atoms with Gasteiger partial charge in [0.2, 0.25) is 0 Å². The van der Waals surface area contributed by atoms with E-state index in [1.807, 2.05) is 6.92 Å². The molecule has 74 valence electrons. The Hall–Kier alpha value is -0.410. The maximum absolute atomic E-state index is 11.3. The van der Waals surface area contributed by atoms with Crippen molar-refractivity contribution in [2.24, 2.45) is 5.92 Å². The summed E-state index contributed by atoms with van der Waals surface area (Å²) in [6.07, 6.45) is 3.25. The zero-order valence-corrected chi connectivity index (χ0v) is 8.04. The van der Waals surface area contributed by atoms with Crippen LogP contribution in [-0.2, 0) is 14.3 Å². The second kappa shape index (κ2) is 3.39. The molecule has 2 unspecified atom stereocenters. The zero-order chi connectivity index (χ0) is 9.31. The highest BCUT2D eigenvalue weighted by Crippen LogP contribution is 2.43. The molecule has 2 aliphatic rings. The van der Waals surface area contributed by atoms with Gasteiger partial charge in [0.1, 0.15) is 5.78 Å². The van der Waals surface area contributed by atoms with Crippen LogP contribution in [0.15, 0.2) is 0 Å². The first-order valence-electron chi connectivity index (χ1n) is 5.06. The van der Waals surface area contributed by atoms with Crippen LogP contribution in [0.5, 0.6) is 0 Å². The molecular weight excluding hydrogens is 168 g/mol. The van der Waals surface area contributed by atoms with Crippen molar-refractivity contribution in [3.05, 3.63) is 0 Å². The highest BCUT2D eigenvalue weighted by Gasteiger charge is 2.50. The van der Waals surface area contributed by atoms with Crippen LogP contribution in [0, 0.1) is 5.92 Å². The predicted molar refractivity (Wildman–Crippen MR) is 47.3 cm³/mol. The number of hydrogen-bond donors (Lipinski definition) is 0. The first kappa shape index (κ1) is 9.16. The van der Waals surface area contributed by atoms with E-state index in [0.717, 1.165) is 19.4 Å². The van der Waals surface area contributed by atoms with Crippen molar-refractivity contribution in [2.75, 3.05) is 13.2 Å². The number of Topliss-reactive ketones (excluding diaryl/α,β-unsaturated/α-hetero) is 1. The minimum atomic E-state index is -0.538. The largest absolute Gasteiger partial charge is 0.349 e. The monoisotopic (exact) mass is 184 g/mol. The van der Waals surface area contributed by atoms with Gasteiger partial charge < -0.3 is 9.47 Å². The molecule has 2 rings (SSSR count). The molecule has 0 aromatic carbocycles. The fourth-order valence-corrected chi connectivity index (χ4v) is 2.44. The fourth-order valence-electron chi connectivity index (χ4n) is 2.44. The van der Waals surface area contributed by atoms with Crippen molar-refractivity contribution in [3.8, 4) is 0 Å². The maximum atomic E-state index is 11.3. The average molecular weight is 184 g/mol. The summed E-state index contributed by atoms with van der Waals surface area (Å²) >= 11 is 0. The van der Waals surface area contributed by atoms with Gasteiger partial charge in [-0.2, -0.15) is 0 Å². The summed E-state index contributed by atoms with van der Waals surface area (Å²) in [5.74, 6) is 0.0680. The van der Waals surface area contributed by atoms with Gasteiger partial charge in [-0.3, -0.25) is 4.79 Å². The minimum absolute atomic E-state index is 0.292. The van der Waals surface area contributed by atoms with E-state index in [0.29, 0.717) is 31.1 Å². The second-order valence-corrected chi connectivity index (χ2v) is 3.85. The molecule has 1 aliphatic heterocycles. The third kappa shape index (κ3) is 1.51. The fraction of sp³-hybridized carbons (Fsp3) is 0.900. The molecule has 1 heterocycles. The standard InChI is InChI=1S/C10H16O3/c1-2-12-10-7-9(11)6-8(10)4-3-5-13-10/h8H,2-7H2,1H3. The molecule has 0 amide bonds. The topological polar surface area (TPSA) is 35.5 Å². The maximum Gasteiger partial charge on any atom is 0.178 e. The molecule has 0 bridgehead atoms. The normalized spacial score (nSPS) is 39.2. The Labute approximate surface area is 78.4 Å². The van der Waals surface area contributed by atoms with Gasteiger partial charge in [-0.25, -0.2) is 0 Å². The Morgan fingerprint density at radius 3 is 3.31 bits per heavy atom. The van der Waals surface area contributed by atoms with Crippen LogP contribution >= 0.6 is 0 Å². The first-order chi connectivity index (χ1) is 6.27. The minimum Gasteiger partial charge on any atom is -0.349 e. The van der Waals surface area contributed by atoms with Crippen LogP contribution in [-0.4, -0.2) is 24.8 Å². The smallest absolute Gasteiger partial charge is 0.178 e. The number of ketones is 1. The number of ether oxygens (including phenoxy) is 2. The number of rotatable bonds is 2. The molecule has 2 atom stereocenters. The van der Waals surface area contributed by atoms with E-state index < -0.39 is 5.79 Å². The summed E-state index contributed by atoms with van der Waals surface area (Å²) < 4.78 is 11.3. The summed E-state index contributed by atoms with van der Waals surface area (Å²) in [6.45, 7) is 3.32. The molecule has 0 radical (unpaired) electrons. The third-order valence-electron chi connectivity index (χ3n) is 2.97. The lowest BCUT2D eigenvalue weighted by Crippen LogP contribution is -2.43. The lowest BCUT2D eigenvalue weighted by atomic mass is 9.94. The molecule has 0 N–H and O–H groups in total. The summed E-state index contributed by atoms with van der Waals surface area (Å²) in [6, 6.07) is 0. The summed E-state index contributed by atoms with van der Waals surface area (Å²) in [5.41, 5.74) is 0. The van der Waals surface area contributed by atoms with Crippen LogP contribution in [0.2, 0.25) is 0 Å². The Kier molecular flexibility index (Phi) is 2.39. The molecule has 2 fully saturated rings. The van der Waals surface area contributed by atoms with Crippen molar-refractivity contribution in [2.45, 2.75) is 38.4 Å². The molecular formula is C10H16O3. The molecule has 3 heteroatoms.